The maximum Gasteiger partial charge on any atom is 0.472 e. The standard InChI is InChI=1S/C41H80NO8P/c1-6-8-10-12-14-15-16-17-18-19-20-21-22-23-24-25-26-27-28-30-32-34-41(44)50-39(37-47-40(43)33-31-29-13-11-9-7-2)38-49-51(45,46)48-36-35-42(3,4)5/h19-20,39H,6-18,21-38H2,1-5H3/p+1/b20-19-. The summed E-state index contributed by atoms with van der Waals surface area (Å²) in [5, 5.41) is 0. The number of hydrogen-bond donors (Lipinski definition) is 1. The first-order valence-corrected chi connectivity index (χ1v) is 22.4. The van der Waals surface area contributed by atoms with E-state index in [1.807, 2.05) is 21.1 Å². The molecule has 0 radical (unpaired) electrons. The Balaban J connectivity index is 4.17. The van der Waals surface area contributed by atoms with E-state index in [2.05, 4.69) is 26.0 Å². The summed E-state index contributed by atoms with van der Waals surface area (Å²) in [5.41, 5.74) is 0. The zero-order chi connectivity index (χ0) is 37.9. The highest BCUT2D eigenvalue weighted by atomic mass is 31.2. The molecule has 0 heterocycles. The van der Waals surface area contributed by atoms with Crippen LogP contribution in [0.2, 0.25) is 0 Å². The van der Waals surface area contributed by atoms with Crippen molar-refractivity contribution in [2.24, 2.45) is 0 Å². The van der Waals surface area contributed by atoms with Crippen LogP contribution in [0.15, 0.2) is 12.2 Å². The summed E-state index contributed by atoms with van der Waals surface area (Å²) >= 11 is 0. The Kier molecular flexibility index (Phi) is 33.7. The van der Waals surface area contributed by atoms with Crippen molar-refractivity contribution in [1.82, 2.24) is 0 Å². The van der Waals surface area contributed by atoms with Gasteiger partial charge in [-0.1, -0.05) is 148 Å². The number of esters is 2. The number of ether oxygens (including phenoxy) is 2. The fraction of sp³-hybridized carbons (Fsp3) is 0.902. The summed E-state index contributed by atoms with van der Waals surface area (Å²) in [6.07, 6.45) is 34.3. The molecule has 0 aliphatic carbocycles. The van der Waals surface area contributed by atoms with Crippen LogP contribution in [-0.2, 0) is 32.7 Å². The molecular weight excluding hydrogens is 665 g/mol. The highest BCUT2D eigenvalue weighted by molar-refractivity contribution is 7.47. The van der Waals surface area contributed by atoms with E-state index in [4.69, 9.17) is 18.5 Å². The number of carbonyl (C=O) groups excluding carboxylic acids is 2. The smallest absolute Gasteiger partial charge is 0.462 e. The molecule has 0 saturated carbocycles. The highest BCUT2D eigenvalue weighted by Crippen LogP contribution is 2.43. The normalized spacial score (nSPS) is 13.8. The second-order valence-corrected chi connectivity index (χ2v) is 16.8. The first kappa shape index (κ1) is 49.8. The summed E-state index contributed by atoms with van der Waals surface area (Å²) in [4.78, 5) is 35.0. The van der Waals surface area contributed by atoms with Crippen molar-refractivity contribution in [3.05, 3.63) is 12.2 Å². The number of unbranched alkanes of at least 4 members (excludes halogenated alkanes) is 22. The monoisotopic (exact) mass is 747 g/mol. The first-order chi connectivity index (χ1) is 24.5. The van der Waals surface area contributed by atoms with Crippen LogP contribution >= 0.6 is 7.82 Å². The van der Waals surface area contributed by atoms with Crippen LogP contribution < -0.4 is 0 Å². The van der Waals surface area contributed by atoms with Crippen molar-refractivity contribution in [2.45, 2.75) is 193 Å². The van der Waals surface area contributed by atoms with E-state index < -0.39 is 26.5 Å². The lowest BCUT2D eigenvalue weighted by Crippen LogP contribution is -2.37. The molecule has 302 valence electrons. The topological polar surface area (TPSA) is 108 Å². The summed E-state index contributed by atoms with van der Waals surface area (Å²) in [7, 11) is 1.48. The predicted molar refractivity (Wildman–Crippen MR) is 211 cm³/mol. The molecule has 0 spiro atoms. The van der Waals surface area contributed by atoms with Gasteiger partial charge in [0.2, 0.25) is 0 Å². The maximum atomic E-state index is 12.6. The van der Waals surface area contributed by atoms with Gasteiger partial charge in [-0.25, -0.2) is 4.57 Å². The molecule has 0 saturated heterocycles. The molecule has 10 heteroatoms. The van der Waals surface area contributed by atoms with E-state index in [9.17, 15) is 19.0 Å². The van der Waals surface area contributed by atoms with Crippen LogP contribution in [0.1, 0.15) is 187 Å². The Morgan fingerprint density at radius 1 is 0.588 bits per heavy atom. The average Bonchev–Trinajstić information content (AvgIpc) is 3.07. The number of rotatable bonds is 38. The molecule has 0 aliphatic rings. The molecule has 9 nitrogen and oxygen atoms in total. The Morgan fingerprint density at radius 3 is 1.45 bits per heavy atom. The van der Waals surface area contributed by atoms with Gasteiger partial charge in [-0.3, -0.25) is 18.6 Å². The Labute approximate surface area is 314 Å². The Morgan fingerprint density at radius 2 is 1.00 bits per heavy atom. The second kappa shape index (κ2) is 34.5. The predicted octanol–water partition coefficient (Wildman–Crippen LogP) is 11.4. The zero-order valence-corrected chi connectivity index (χ0v) is 34.7. The summed E-state index contributed by atoms with van der Waals surface area (Å²) < 4.78 is 34.1. The maximum absolute atomic E-state index is 12.6. The van der Waals surface area contributed by atoms with E-state index >= 15 is 0 Å². The van der Waals surface area contributed by atoms with Gasteiger partial charge in [0.1, 0.15) is 19.8 Å². The lowest BCUT2D eigenvalue weighted by Gasteiger charge is -2.24. The van der Waals surface area contributed by atoms with Gasteiger partial charge in [0.25, 0.3) is 0 Å². The van der Waals surface area contributed by atoms with Crippen molar-refractivity contribution < 1.29 is 42.1 Å². The summed E-state index contributed by atoms with van der Waals surface area (Å²) in [5.74, 6) is -0.805. The van der Waals surface area contributed by atoms with Crippen LogP contribution in [0.3, 0.4) is 0 Å². The molecule has 1 N–H and O–H groups in total. The van der Waals surface area contributed by atoms with Gasteiger partial charge >= 0.3 is 19.8 Å². The molecule has 0 aromatic heterocycles. The van der Waals surface area contributed by atoms with Crippen LogP contribution in [0.4, 0.5) is 0 Å². The molecule has 0 bridgehead atoms. The van der Waals surface area contributed by atoms with Gasteiger partial charge < -0.3 is 18.9 Å². The molecule has 2 atom stereocenters. The van der Waals surface area contributed by atoms with Crippen LogP contribution in [0.25, 0.3) is 0 Å². The average molecular weight is 747 g/mol. The Bertz CT molecular complexity index is 891. The number of allylic oxidation sites excluding steroid dienone is 2. The quantitative estimate of drug-likeness (QED) is 0.0219. The van der Waals surface area contributed by atoms with E-state index in [1.165, 1.54) is 116 Å². The lowest BCUT2D eigenvalue weighted by atomic mass is 10.1. The number of carbonyl (C=O) groups is 2. The minimum Gasteiger partial charge on any atom is -0.462 e. The largest absolute Gasteiger partial charge is 0.472 e. The fourth-order valence-corrected chi connectivity index (χ4v) is 6.46. The van der Waals surface area contributed by atoms with E-state index in [0.29, 0.717) is 17.4 Å². The number of phosphoric acid groups is 1. The van der Waals surface area contributed by atoms with Gasteiger partial charge in [-0.15, -0.1) is 0 Å². The third-order valence-corrected chi connectivity index (χ3v) is 10.0. The molecule has 0 rings (SSSR count). The summed E-state index contributed by atoms with van der Waals surface area (Å²) in [6.45, 7) is 4.36. The SMILES string of the molecule is CCCCCCCCCC/C=C\CCCCCCCCCCCC(=O)OC(COC(=O)CCCCCCCC)COP(=O)(O)OCC[N+](C)(C)C. The van der Waals surface area contributed by atoms with Crippen molar-refractivity contribution in [1.29, 1.82) is 0 Å². The molecule has 2 unspecified atom stereocenters. The lowest BCUT2D eigenvalue weighted by molar-refractivity contribution is -0.870. The molecule has 0 amide bonds. The first-order valence-electron chi connectivity index (χ1n) is 20.9. The van der Waals surface area contributed by atoms with Crippen molar-refractivity contribution in [3.8, 4) is 0 Å². The van der Waals surface area contributed by atoms with Crippen LogP contribution in [0, 0.1) is 0 Å². The van der Waals surface area contributed by atoms with Crippen LogP contribution in [0.5, 0.6) is 0 Å². The molecule has 51 heavy (non-hydrogen) atoms. The van der Waals surface area contributed by atoms with Gasteiger partial charge in [-0.05, 0) is 38.5 Å². The Hall–Kier alpha value is -1.25. The van der Waals surface area contributed by atoms with E-state index in [0.717, 1.165) is 38.5 Å². The van der Waals surface area contributed by atoms with Gasteiger partial charge in [-0.2, -0.15) is 0 Å². The summed E-state index contributed by atoms with van der Waals surface area (Å²) in [6, 6.07) is 0. The third-order valence-electron chi connectivity index (χ3n) is 9.05. The highest BCUT2D eigenvalue weighted by Gasteiger charge is 2.27. The molecule has 0 aromatic rings. The van der Waals surface area contributed by atoms with Crippen molar-refractivity contribution in [3.63, 3.8) is 0 Å². The number of phosphoric ester groups is 1. The van der Waals surface area contributed by atoms with Crippen molar-refractivity contribution >= 4 is 19.8 Å². The second-order valence-electron chi connectivity index (χ2n) is 15.4. The molecule has 0 aliphatic heterocycles. The van der Waals surface area contributed by atoms with Crippen molar-refractivity contribution in [2.75, 3.05) is 47.5 Å². The van der Waals surface area contributed by atoms with Gasteiger partial charge in [0.05, 0.1) is 27.7 Å². The number of nitrogens with zero attached hydrogens (tertiary/aromatic N) is 1. The van der Waals surface area contributed by atoms with E-state index in [1.54, 1.807) is 0 Å². The van der Waals surface area contributed by atoms with Crippen LogP contribution in [-0.4, -0.2) is 74.9 Å². The minimum absolute atomic E-state index is 0.0338. The fourth-order valence-electron chi connectivity index (χ4n) is 5.71. The number of quaternary nitrogens is 1. The molecule has 0 fully saturated rings. The van der Waals surface area contributed by atoms with E-state index in [-0.39, 0.29) is 32.0 Å². The minimum atomic E-state index is -4.36. The zero-order valence-electron chi connectivity index (χ0n) is 33.9. The molecule has 0 aromatic carbocycles. The number of likely N-dealkylation sites (N-methyl/N-ethyl adjacent to an activating group) is 1. The van der Waals surface area contributed by atoms with Gasteiger partial charge in [0, 0.05) is 12.8 Å². The molecular formula is C41H81NO8P+. The number of hydrogen-bond acceptors (Lipinski definition) is 7. The third kappa shape index (κ3) is 38.3. The van der Waals surface area contributed by atoms with Gasteiger partial charge in [0.15, 0.2) is 6.10 Å².